The van der Waals surface area contributed by atoms with Crippen LogP contribution in [0.25, 0.3) is 5.69 Å². The van der Waals surface area contributed by atoms with E-state index in [9.17, 15) is 13.2 Å². The Labute approximate surface area is 205 Å². The van der Waals surface area contributed by atoms with Gasteiger partial charge in [-0.15, -0.1) is 0 Å². The molecule has 0 atom stereocenters. The van der Waals surface area contributed by atoms with Crippen LogP contribution in [0.3, 0.4) is 0 Å². The number of carbonyl (C=O) groups is 1. The van der Waals surface area contributed by atoms with Gasteiger partial charge >= 0.3 is 0 Å². The average Bonchev–Trinajstić information content (AvgIpc) is 3.34. The van der Waals surface area contributed by atoms with Crippen molar-refractivity contribution >= 4 is 15.9 Å². The lowest BCUT2D eigenvalue weighted by Gasteiger charge is -2.19. The summed E-state index contributed by atoms with van der Waals surface area (Å²) in [6.07, 6.45) is 6.19. The summed E-state index contributed by atoms with van der Waals surface area (Å²) in [5.74, 6) is 1.04. The average molecular weight is 499 g/mol. The minimum absolute atomic E-state index is 0.0503. The number of nitrogens with one attached hydrogen (secondary N) is 1. The van der Waals surface area contributed by atoms with Crippen molar-refractivity contribution in [2.75, 3.05) is 26.8 Å². The number of benzene rings is 2. The number of ether oxygens (including phenoxy) is 2. The smallest absolute Gasteiger partial charge is 0.240 e. The zero-order valence-corrected chi connectivity index (χ0v) is 20.5. The third kappa shape index (κ3) is 6.61. The summed E-state index contributed by atoms with van der Waals surface area (Å²) in [5, 5.41) is 4.37. The number of para-hydroxylation sites is 1. The van der Waals surface area contributed by atoms with E-state index in [1.807, 2.05) is 36.5 Å². The second-order valence-corrected chi connectivity index (χ2v) is 10.2. The topological polar surface area (TPSA) is 103 Å². The molecule has 1 aliphatic rings. The first-order chi connectivity index (χ1) is 16.9. The Kier molecular flexibility index (Phi) is 8.04. The van der Waals surface area contributed by atoms with Crippen LogP contribution < -0.4 is 14.2 Å². The van der Waals surface area contributed by atoms with Crippen LogP contribution in [-0.2, 0) is 21.4 Å². The SMILES string of the molecule is CN(Cc1cnn(-c2ccccc2)c1)C(=O)CCCCCNS(=O)(=O)c1ccc2c(c1)OCCO2. The first-order valence-electron chi connectivity index (χ1n) is 11.6. The molecular formula is C25H30N4O5S. The Bertz CT molecular complexity index is 1240. The molecule has 0 aliphatic carbocycles. The molecule has 1 aromatic heterocycles. The van der Waals surface area contributed by atoms with E-state index in [2.05, 4.69) is 9.82 Å². The van der Waals surface area contributed by atoms with E-state index in [1.54, 1.807) is 28.9 Å². The minimum atomic E-state index is -3.63. The molecule has 0 radical (unpaired) electrons. The van der Waals surface area contributed by atoms with E-state index in [4.69, 9.17) is 9.47 Å². The van der Waals surface area contributed by atoms with E-state index < -0.39 is 10.0 Å². The zero-order chi connectivity index (χ0) is 24.7. The van der Waals surface area contributed by atoms with Crippen molar-refractivity contribution in [1.29, 1.82) is 0 Å². The molecule has 10 heteroatoms. The summed E-state index contributed by atoms with van der Waals surface area (Å²) >= 11 is 0. The number of fused-ring (bicyclic) bond motifs is 1. The van der Waals surface area contributed by atoms with Crippen LogP contribution in [0.5, 0.6) is 11.5 Å². The maximum Gasteiger partial charge on any atom is 0.240 e. The van der Waals surface area contributed by atoms with Crippen molar-refractivity contribution in [2.45, 2.75) is 37.1 Å². The molecule has 2 heterocycles. The van der Waals surface area contributed by atoms with Crippen molar-refractivity contribution < 1.29 is 22.7 Å². The summed E-state index contributed by atoms with van der Waals surface area (Å²) < 4.78 is 40.4. The molecule has 2 aromatic carbocycles. The molecule has 35 heavy (non-hydrogen) atoms. The van der Waals surface area contributed by atoms with Gasteiger partial charge in [-0.3, -0.25) is 4.79 Å². The highest BCUT2D eigenvalue weighted by atomic mass is 32.2. The number of hydrogen-bond donors (Lipinski definition) is 1. The van der Waals surface area contributed by atoms with Crippen LogP contribution in [0, 0.1) is 0 Å². The Hall–Kier alpha value is -3.37. The van der Waals surface area contributed by atoms with E-state index in [0.29, 0.717) is 57.1 Å². The first kappa shape index (κ1) is 24.7. The van der Waals surface area contributed by atoms with Gasteiger partial charge in [0.2, 0.25) is 15.9 Å². The molecule has 0 saturated heterocycles. The van der Waals surface area contributed by atoms with E-state index >= 15 is 0 Å². The largest absolute Gasteiger partial charge is 0.486 e. The maximum atomic E-state index is 12.5. The van der Waals surface area contributed by atoms with Crippen LogP contribution in [0.15, 0.2) is 65.8 Å². The number of carbonyl (C=O) groups excluding carboxylic acids is 1. The van der Waals surface area contributed by atoms with Crippen molar-refractivity contribution in [3.05, 3.63) is 66.5 Å². The molecule has 186 valence electrons. The first-order valence-corrected chi connectivity index (χ1v) is 13.1. The summed E-state index contributed by atoms with van der Waals surface area (Å²) in [6.45, 7) is 1.64. The predicted octanol–water partition coefficient (Wildman–Crippen LogP) is 3.14. The van der Waals surface area contributed by atoms with E-state index in [1.165, 1.54) is 12.1 Å². The van der Waals surface area contributed by atoms with Gasteiger partial charge in [0.25, 0.3) is 0 Å². The Balaban J connectivity index is 1.15. The monoisotopic (exact) mass is 498 g/mol. The van der Waals surface area contributed by atoms with Crippen LogP contribution in [0.4, 0.5) is 0 Å². The lowest BCUT2D eigenvalue weighted by Crippen LogP contribution is -2.26. The molecule has 0 fully saturated rings. The van der Waals surface area contributed by atoms with Gasteiger partial charge in [0, 0.05) is 44.4 Å². The van der Waals surface area contributed by atoms with Crippen LogP contribution >= 0.6 is 0 Å². The number of rotatable bonds is 11. The number of sulfonamides is 1. The summed E-state index contributed by atoms with van der Waals surface area (Å²) in [5.41, 5.74) is 1.93. The second-order valence-electron chi connectivity index (χ2n) is 8.39. The van der Waals surface area contributed by atoms with Gasteiger partial charge in [-0.25, -0.2) is 17.8 Å². The Morgan fingerprint density at radius 2 is 1.83 bits per heavy atom. The van der Waals surface area contributed by atoms with Crippen LogP contribution in [0.1, 0.15) is 31.2 Å². The Morgan fingerprint density at radius 3 is 2.63 bits per heavy atom. The van der Waals surface area contributed by atoms with Gasteiger partial charge < -0.3 is 14.4 Å². The highest BCUT2D eigenvalue weighted by molar-refractivity contribution is 7.89. The summed E-state index contributed by atoms with van der Waals surface area (Å²) in [6, 6.07) is 14.4. The normalized spacial score (nSPS) is 12.9. The molecular weight excluding hydrogens is 468 g/mol. The van der Waals surface area contributed by atoms with E-state index in [-0.39, 0.29) is 10.8 Å². The van der Waals surface area contributed by atoms with Crippen LogP contribution in [-0.4, -0.2) is 55.8 Å². The minimum Gasteiger partial charge on any atom is -0.486 e. The van der Waals surface area contributed by atoms with Crippen molar-refractivity contribution in [3.8, 4) is 17.2 Å². The molecule has 1 amide bonds. The lowest BCUT2D eigenvalue weighted by molar-refractivity contribution is -0.130. The van der Waals surface area contributed by atoms with Crippen molar-refractivity contribution in [1.82, 2.24) is 19.4 Å². The molecule has 4 rings (SSSR count). The maximum absolute atomic E-state index is 12.5. The fraction of sp³-hybridized carbons (Fsp3) is 0.360. The molecule has 0 bridgehead atoms. The van der Waals surface area contributed by atoms with Gasteiger partial charge in [-0.1, -0.05) is 24.6 Å². The van der Waals surface area contributed by atoms with Gasteiger partial charge in [0.05, 0.1) is 16.8 Å². The lowest BCUT2D eigenvalue weighted by atomic mass is 10.2. The van der Waals surface area contributed by atoms with Crippen molar-refractivity contribution in [2.24, 2.45) is 0 Å². The highest BCUT2D eigenvalue weighted by Gasteiger charge is 2.19. The molecule has 1 N–H and O–H groups in total. The quantitative estimate of drug-likeness (QED) is 0.408. The Morgan fingerprint density at radius 1 is 1.06 bits per heavy atom. The molecule has 9 nitrogen and oxygen atoms in total. The van der Waals surface area contributed by atoms with Gasteiger partial charge in [-0.05, 0) is 37.1 Å². The zero-order valence-electron chi connectivity index (χ0n) is 19.7. The summed E-state index contributed by atoms with van der Waals surface area (Å²) in [7, 11) is -1.85. The molecule has 0 saturated carbocycles. The fourth-order valence-electron chi connectivity index (χ4n) is 3.78. The number of nitrogens with zero attached hydrogens (tertiary/aromatic N) is 3. The third-order valence-corrected chi connectivity index (χ3v) is 7.14. The van der Waals surface area contributed by atoms with Gasteiger partial charge in [0.1, 0.15) is 13.2 Å². The molecule has 3 aromatic rings. The van der Waals surface area contributed by atoms with Gasteiger partial charge in [-0.2, -0.15) is 5.10 Å². The molecule has 0 spiro atoms. The highest BCUT2D eigenvalue weighted by Crippen LogP contribution is 2.32. The second kappa shape index (κ2) is 11.4. The molecule has 1 aliphatic heterocycles. The third-order valence-electron chi connectivity index (χ3n) is 5.69. The van der Waals surface area contributed by atoms with Crippen molar-refractivity contribution in [3.63, 3.8) is 0 Å². The number of unbranched alkanes of at least 4 members (excludes halogenated alkanes) is 2. The van der Waals surface area contributed by atoms with Crippen LogP contribution in [0.2, 0.25) is 0 Å². The summed E-state index contributed by atoms with van der Waals surface area (Å²) in [4.78, 5) is 14.3. The van der Waals surface area contributed by atoms with E-state index in [0.717, 1.165) is 17.7 Å². The fourth-order valence-corrected chi connectivity index (χ4v) is 4.86. The molecule has 0 unspecified atom stereocenters. The predicted molar refractivity (Wildman–Crippen MR) is 131 cm³/mol. The van der Waals surface area contributed by atoms with Gasteiger partial charge in [0.15, 0.2) is 11.5 Å². The number of hydrogen-bond acceptors (Lipinski definition) is 6. The number of aromatic nitrogens is 2. The standard InChI is InChI=1S/C25H30N4O5S/c1-28(18-20-17-26-29(19-20)21-8-4-2-5-9-21)25(30)10-6-3-7-13-27-35(31,32)22-11-12-23-24(16-22)34-15-14-33-23/h2,4-5,8-9,11-12,16-17,19,27H,3,6-7,10,13-15,18H2,1H3. The number of amides is 1.